The Morgan fingerprint density at radius 2 is 1.50 bits per heavy atom. The number of nitrogens with one attached hydrogen (secondary N) is 4. The Hall–Kier alpha value is -4.50. The Balaban J connectivity index is 1.84. The molecule has 0 atom stereocenters. The molecule has 0 aliphatic rings. The van der Waals surface area contributed by atoms with Gasteiger partial charge in [-0.3, -0.25) is 25.2 Å². The summed E-state index contributed by atoms with van der Waals surface area (Å²) in [4.78, 5) is 51.0. The first-order chi connectivity index (χ1) is 18.6. The fourth-order valence-electron chi connectivity index (χ4n) is 3.16. The van der Waals surface area contributed by atoms with Crippen LogP contribution in [0.4, 0.5) is 42.9 Å². The Morgan fingerprint density at radius 3 is 2.10 bits per heavy atom. The molecular formula is C23H14Cl2F5N5O5. The van der Waals surface area contributed by atoms with Crippen LogP contribution in [0.2, 0.25) is 10.0 Å². The maximum absolute atomic E-state index is 14.7. The topological polar surface area (TPSA) is 150 Å². The van der Waals surface area contributed by atoms with Gasteiger partial charge in [0.15, 0.2) is 5.82 Å². The van der Waals surface area contributed by atoms with Gasteiger partial charge in [-0.2, -0.15) is 13.2 Å². The fraction of sp³-hybridized carbons (Fsp3) is 0.0870. The summed E-state index contributed by atoms with van der Waals surface area (Å²) in [5.41, 5.74) is -4.35. The number of carbonyl (C=O) groups excluding carboxylic acids is 4. The first-order valence-corrected chi connectivity index (χ1v) is 11.3. The maximum atomic E-state index is 14.7. The molecule has 3 aromatic rings. The van der Waals surface area contributed by atoms with Crippen molar-refractivity contribution in [3.8, 4) is 17.0 Å². The zero-order valence-electron chi connectivity index (χ0n) is 19.6. The molecule has 2 aromatic carbocycles. The number of phenolic OH excluding ortho intramolecular Hbond substituents is 1. The largest absolute Gasteiger partial charge is 0.505 e. The quantitative estimate of drug-likeness (QED) is 0.190. The highest BCUT2D eigenvalue weighted by Crippen LogP contribution is 2.43. The maximum Gasteiger partial charge on any atom is 0.417 e. The molecule has 210 valence electrons. The summed E-state index contributed by atoms with van der Waals surface area (Å²) in [6, 6.07) is 1.48. The van der Waals surface area contributed by atoms with Crippen LogP contribution in [0.25, 0.3) is 11.3 Å². The SMILES string of the molecule is CC(=O)NC(=O)Nc1ccc(F)c(C(=O)NC(=O)Nc2ccc(Cl)c(-c3ncc(C(F)(F)F)cc3Cl)c2O)c1F. The van der Waals surface area contributed by atoms with Crippen LogP contribution in [-0.2, 0) is 11.0 Å². The molecule has 17 heteroatoms. The molecule has 1 heterocycles. The second-order valence-corrected chi connectivity index (χ2v) is 8.51. The summed E-state index contributed by atoms with van der Waals surface area (Å²) < 4.78 is 67.8. The summed E-state index contributed by atoms with van der Waals surface area (Å²) in [7, 11) is 0. The first kappa shape index (κ1) is 30.0. The predicted octanol–water partition coefficient (Wildman–Crippen LogP) is 5.69. The molecule has 0 unspecified atom stereocenters. The van der Waals surface area contributed by atoms with Gasteiger partial charge in [-0.1, -0.05) is 23.2 Å². The van der Waals surface area contributed by atoms with Gasteiger partial charge < -0.3 is 15.7 Å². The number of aromatic nitrogens is 1. The number of carbonyl (C=O) groups is 4. The third-order valence-electron chi connectivity index (χ3n) is 4.86. The van der Waals surface area contributed by atoms with Gasteiger partial charge in [-0.25, -0.2) is 18.4 Å². The lowest BCUT2D eigenvalue weighted by molar-refractivity contribution is -0.137. The number of urea groups is 2. The number of halogens is 7. The Morgan fingerprint density at radius 1 is 0.900 bits per heavy atom. The molecule has 5 N–H and O–H groups in total. The standard InChI is InChI=1S/C23H14Cl2F5N5O5/c1-8(36)32-21(39)33-13-5-3-12(26)16(17(13)27)20(38)35-22(40)34-14-4-2-10(24)15(19(14)37)18-11(25)6-9(7-31-18)23(28,29)30/h2-7,37H,1H3,(H2,32,33,36,39)(H2,34,35,38,40). The second-order valence-electron chi connectivity index (χ2n) is 7.70. The molecule has 3 rings (SSSR count). The van der Waals surface area contributed by atoms with Crippen molar-refractivity contribution in [2.75, 3.05) is 10.6 Å². The number of nitrogens with zero attached hydrogens (tertiary/aromatic N) is 1. The van der Waals surface area contributed by atoms with E-state index in [4.69, 9.17) is 23.2 Å². The summed E-state index contributed by atoms with van der Waals surface area (Å²) in [6.45, 7) is 0.994. The van der Waals surface area contributed by atoms with E-state index in [1.807, 2.05) is 10.6 Å². The lowest BCUT2D eigenvalue weighted by Crippen LogP contribution is -2.36. The number of pyridine rings is 1. The number of hydrogen-bond acceptors (Lipinski definition) is 6. The third-order valence-corrected chi connectivity index (χ3v) is 5.47. The van der Waals surface area contributed by atoms with Gasteiger partial charge in [-0.15, -0.1) is 0 Å². The van der Waals surface area contributed by atoms with Crippen molar-refractivity contribution in [3.05, 3.63) is 69.3 Å². The minimum Gasteiger partial charge on any atom is -0.505 e. The lowest BCUT2D eigenvalue weighted by Gasteiger charge is -2.15. The zero-order chi connectivity index (χ0) is 29.9. The fourth-order valence-corrected chi connectivity index (χ4v) is 3.66. The molecule has 40 heavy (non-hydrogen) atoms. The Bertz CT molecular complexity index is 1550. The predicted molar refractivity (Wildman–Crippen MR) is 132 cm³/mol. The smallest absolute Gasteiger partial charge is 0.417 e. The van der Waals surface area contributed by atoms with Gasteiger partial charge >= 0.3 is 18.2 Å². The molecule has 6 amide bonds. The molecule has 0 saturated carbocycles. The summed E-state index contributed by atoms with van der Waals surface area (Å²) in [6.07, 6.45) is -4.32. The molecule has 0 radical (unpaired) electrons. The van der Waals surface area contributed by atoms with E-state index < -0.39 is 75.0 Å². The molecule has 0 aliphatic heterocycles. The van der Waals surface area contributed by atoms with Gasteiger partial charge in [0, 0.05) is 13.1 Å². The van der Waals surface area contributed by atoms with Crippen LogP contribution in [-0.4, -0.2) is 34.0 Å². The highest BCUT2D eigenvalue weighted by Gasteiger charge is 2.32. The first-order valence-electron chi connectivity index (χ1n) is 10.5. The van der Waals surface area contributed by atoms with Crippen molar-refractivity contribution >= 4 is 58.5 Å². The average Bonchev–Trinajstić information content (AvgIpc) is 2.82. The summed E-state index contributed by atoms with van der Waals surface area (Å²) in [5, 5.41) is 17.1. The van der Waals surface area contributed by atoms with Gasteiger partial charge in [0.25, 0.3) is 5.91 Å². The van der Waals surface area contributed by atoms with E-state index >= 15 is 0 Å². The van der Waals surface area contributed by atoms with Crippen LogP contribution in [0.3, 0.4) is 0 Å². The highest BCUT2D eigenvalue weighted by molar-refractivity contribution is 6.36. The molecule has 0 aliphatic carbocycles. The lowest BCUT2D eigenvalue weighted by atomic mass is 10.1. The van der Waals surface area contributed by atoms with Gasteiger partial charge in [0.1, 0.15) is 17.1 Å². The average molecular weight is 606 g/mol. The number of imide groups is 2. The molecule has 1 aromatic heterocycles. The van der Waals surface area contributed by atoms with E-state index in [0.717, 1.165) is 25.1 Å². The molecule has 0 bridgehead atoms. The van der Waals surface area contributed by atoms with Crippen molar-refractivity contribution in [1.29, 1.82) is 0 Å². The second kappa shape index (κ2) is 11.7. The number of alkyl halides is 3. The molecule has 0 spiro atoms. The van der Waals surface area contributed by atoms with Crippen LogP contribution < -0.4 is 21.3 Å². The van der Waals surface area contributed by atoms with Crippen molar-refractivity contribution in [2.24, 2.45) is 0 Å². The summed E-state index contributed by atoms with van der Waals surface area (Å²) >= 11 is 12.0. The van der Waals surface area contributed by atoms with Crippen LogP contribution >= 0.6 is 23.2 Å². The number of benzene rings is 2. The minimum absolute atomic E-state index is 0.226. The van der Waals surface area contributed by atoms with Crippen LogP contribution in [0.1, 0.15) is 22.8 Å². The Labute approximate surface area is 230 Å². The van der Waals surface area contributed by atoms with E-state index in [-0.39, 0.29) is 16.3 Å². The normalized spacial score (nSPS) is 11.0. The highest BCUT2D eigenvalue weighted by atomic mass is 35.5. The molecule has 0 fully saturated rings. The molecule has 10 nitrogen and oxygen atoms in total. The number of aromatic hydroxyl groups is 1. The number of phenols is 1. The van der Waals surface area contributed by atoms with E-state index in [1.165, 1.54) is 0 Å². The zero-order valence-corrected chi connectivity index (χ0v) is 21.1. The van der Waals surface area contributed by atoms with Crippen molar-refractivity contribution in [3.63, 3.8) is 0 Å². The van der Waals surface area contributed by atoms with Crippen LogP contribution in [0, 0.1) is 11.6 Å². The van der Waals surface area contributed by atoms with Gasteiger partial charge in [0.05, 0.1) is 38.2 Å². The molecule has 0 saturated heterocycles. The monoisotopic (exact) mass is 605 g/mol. The van der Waals surface area contributed by atoms with E-state index in [2.05, 4.69) is 4.98 Å². The van der Waals surface area contributed by atoms with E-state index in [0.29, 0.717) is 18.3 Å². The van der Waals surface area contributed by atoms with Crippen LogP contribution in [0.15, 0.2) is 36.5 Å². The Kier molecular flexibility index (Phi) is 8.80. The van der Waals surface area contributed by atoms with E-state index in [9.17, 15) is 46.2 Å². The number of amides is 6. The summed E-state index contributed by atoms with van der Waals surface area (Å²) in [5.74, 6) is -6.21. The van der Waals surface area contributed by atoms with Crippen molar-refractivity contribution in [1.82, 2.24) is 15.6 Å². The number of hydrogen-bond donors (Lipinski definition) is 5. The number of anilines is 2. The van der Waals surface area contributed by atoms with E-state index in [1.54, 1.807) is 10.6 Å². The van der Waals surface area contributed by atoms with Crippen molar-refractivity contribution in [2.45, 2.75) is 13.1 Å². The third kappa shape index (κ3) is 6.73. The van der Waals surface area contributed by atoms with Crippen LogP contribution in [0.5, 0.6) is 5.75 Å². The molecular weight excluding hydrogens is 592 g/mol. The van der Waals surface area contributed by atoms with Gasteiger partial charge in [-0.05, 0) is 30.3 Å². The van der Waals surface area contributed by atoms with Crippen molar-refractivity contribution < 1.29 is 46.2 Å². The minimum atomic E-state index is -4.76. The number of rotatable bonds is 4. The van der Waals surface area contributed by atoms with Gasteiger partial charge in [0.2, 0.25) is 5.91 Å².